The summed E-state index contributed by atoms with van der Waals surface area (Å²) in [5, 5.41) is 14.1. The number of nitrogens with two attached hydrogens (primary N) is 1. The van der Waals surface area contributed by atoms with Crippen LogP contribution in [0, 0.1) is 0 Å². The summed E-state index contributed by atoms with van der Waals surface area (Å²) in [4.78, 5) is 14.1. The second-order valence-corrected chi connectivity index (χ2v) is 6.12. The van der Waals surface area contributed by atoms with Gasteiger partial charge in [0.15, 0.2) is 0 Å². The smallest absolute Gasteiger partial charge is 0.242 e. The highest BCUT2D eigenvalue weighted by molar-refractivity contribution is 7.07. The molecule has 0 saturated carbocycles. The topological polar surface area (TPSA) is 75.8 Å². The van der Waals surface area contributed by atoms with E-state index in [-0.39, 0.29) is 19.1 Å². The molecule has 0 bridgehead atoms. The predicted octanol–water partition coefficient (Wildman–Crippen LogP) is 1.78. The van der Waals surface area contributed by atoms with Gasteiger partial charge in [0.05, 0.1) is 19.3 Å². The molecule has 0 spiro atoms. The summed E-state index contributed by atoms with van der Waals surface area (Å²) >= 11 is 1.51. The number of carbonyl (C=O) groups excluding carboxylic acids is 1. The van der Waals surface area contributed by atoms with Crippen LogP contribution in [-0.2, 0) is 16.1 Å². The lowest BCUT2D eigenvalue weighted by molar-refractivity contribution is -0.136. The molecule has 0 radical (unpaired) electrons. The summed E-state index contributed by atoms with van der Waals surface area (Å²) in [6, 6.07) is 10.8. The molecular weight excluding hydrogens is 312 g/mol. The number of ether oxygens (including phenoxy) is 1. The van der Waals surface area contributed by atoms with Crippen molar-refractivity contribution < 1.29 is 14.6 Å². The minimum absolute atomic E-state index is 0.151. The molecule has 2 unspecified atom stereocenters. The molecule has 2 rings (SSSR count). The molecule has 5 nitrogen and oxygen atoms in total. The lowest BCUT2D eigenvalue weighted by atomic mass is 10.1. The highest BCUT2D eigenvalue weighted by Crippen LogP contribution is 2.19. The van der Waals surface area contributed by atoms with Gasteiger partial charge in [-0.25, -0.2) is 0 Å². The van der Waals surface area contributed by atoms with Gasteiger partial charge in [0.1, 0.15) is 6.04 Å². The number of thiophene rings is 1. The maximum Gasteiger partial charge on any atom is 0.242 e. The molecular formula is C17H22N2O3S. The third-order valence-electron chi connectivity index (χ3n) is 3.51. The van der Waals surface area contributed by atoms with Crippen molar-refractivity contribution >= 4 is 17.2 Å². The number of aliphatic hydroxyl groups excluding tert-OH is 1. The molecule has 1 heterocycles. The molecule has 2 aromatic rings. The highest BCUT2D eigenvalue weighted by atomic mass is 32.1. The van der Waals surface area contributed by atoms with Gasteiger partial charge >= 0.3 is 0 Å². The average molecular weight is 334 g/mol. The summed E-state index contributed by atoms with van der Waals surface area (Å²) in [6.45, 7) is 0.749. The van der Waals surface area contributed by atoms with E-state index in [0.717, 1.165) is 11.1 Å². The van der Waals surface area contributed by atoms with Crippen LogP contribution in [0.3, 0.4) is 0 Å². The molecule has 6 heteroatoms. The van der Waals surface area contributed by atoms with E-state index in [9.17, 15) is 9.90 Å². The van der Waals surface area contributed by atoms with Crippen LogP contribution >= 0.6 is 11.3 Å². The maximum atomic E-state index is 12.6. The van der Waals surface area contributed by atoms with Crippen LogP contribution < -0.4 is 5.73 Å². The summed E-state index contributed by atoms with van der Waals surface area (Å²) < 4.78 is 4.97. The summed E-state index contributed by atoms with van der Waals surface area (Å²) in [5.41, 5.74) is 7.68. The van der Waals surface area contributed by atoms with Crippen molar-refractivity contribution in [2.24, 2.45) is 5.73 Å². The second kappa shape index (κ2) is 8.79. The molecule has 0 aliphatic rings. The quantitative estimate of drug-likeness (QED) is 0.772. The third-order valence-corrected chi connectivity index (χ3v) is 4.21. The number of benzene rings is 1. The van der Waals surface area contributed by atoms with Crippen LogP contribution in [0.4, 0.5) is 0 Å². The molecule has 1 amide bonds. The number of carbonyl (C=O) groups is 1. The Balaban J connectivity index is 2.11. The van der Waals surface area contributed by atoms with Crippen LogP contribution in [0.2, 0.25) is 0 Å². The molecule has 1 aromatic carbocycles. The van der Waals surface area contributed by atoms with E-state index in [0.29, 0.717) is 6.54 Å². The van der Waals surface area contributed by atoms with E-state index in [1.165, 1.54) is 18.4 Å². The molecule has 23 heavy (non-hydrogen) atoms. The zero-order chi connectivity index (χ0) is 16.7. The Hall–Kier alpha value is -1.73. The normalized spacial score (nSPS) is 13.5. The standard InChI is InChI=1S/C17H22N2O3S/c1-22-11-15(18)17(21)19(9-13-5-3-2-4-6-13)10-16(20)14-7-8-23-12-14/h2-8,12,15-16,20H,9-11,18H2,1H3. The molecule has 0 aliphatic carbocycles. The second-order valence-electron chi connectivity index (χ2n) is 5.34. The summed E-state index contributed by atoms with van der Waals surface area (Å²) in [5.74, 6) is -0.231. The van der Waals surface area contributed by atoms with E-state index in [1.54, 1.807) is 4.90 Å². The van der Waals surface area contributed by atoms with Crippen molar-refractivity contribution in [1.82, 2.24) is 4.90 Å². The molecule has 124 valence electrons. The van der Waals surface area contributed by atoms with Crippen molar-refractivity contribution in [3.8, 4) is 0 Å². The van der Waals surface area contributed by atoms with Gasteiger partial charge in [-0.3, -0.25) is 4.79 Å². The van der Waals surface area contributed by atoms with Crippen molar-refractivity contribution in [2.75, 3.05) is 20.3 Å². The van der Waals surface area contributed by atoms with Crippen LogP contribution in [0.5, 0.6) is 0 Å². The van der Waals surface area contributed by atoms with Gasteiger partial charge < -0.3 is 20.5 Å². The van der Waals surface area contributed by atoms with Gasteiger partial charge in [-0.1, -0.05) is 30.3 Å². The fraction of sp³-hybridized carbons (Fsp3) is 0.353. The molecule has 3 N–H and O–H groups in total. The minimum Gasteiger partial charge on any atom is -0.387 e. The van der Waals surface area contributed by atoms with E-state index in [4.69, 9.17) is 10.5 Å². The Morgan fingerprint density at radius 1 is 1.35 bits per heavy atom. The first-order chi connectivity index (χ1) is 11.1. The van der Waals surface area contributed by atoms with Crippen molar-refractivity contribution in [3.05, 3.63) is 58.3 Å². The van der Waals surface area contributed by atoms with Gasteiger partial charge in [-0.05, 0) is 28.0 Å². The van der Waals surface area contributed by atoms with Crippen LogP contribution in [0.15, 0.2) is 47.2 Å². The molecule has 2 atom stereocenters. The summed E-state index contributed by atoms with van der Waals surface area (Å²) in [6.07, 6.45) is -0.733. The van der Waals surface area contributed by atoms with Crippen molar-refractivity contribution in [3.63, 3.8) is 0 Å². The molecule has 0 fully saturated rings. The SMILES string of the molecule is COCC(N)C(=O)N(Cc1ccccc1)CC(O)c1ccsc1. The van der Waals surface area contributed by atoms with Crippen LogP contribution in [-0.4, -0.2) is 42.2 Å². The predicted molar refractivity (Wildman–Crippen MR) is 91.0 cm³/mol. The first-order valence-electron chi connectivity index (χ1n) is 7.39. The number of amides is 1. The van der Waals surface area contributed by atoms with E-state index in [2.05, 4.69) is 0 Å². The van der Waals surface area contributed by atoms with E-state index in [1.807, 2.05) is 47.2 Å². The lowest BCUT2D eigenvalue weighted by Crippen LogP contribution is -2.47. The number of methoxy groups -OCH3 is 1. The first kappa shape index (κ1) is 17.6. The van der Waals surface area contributed by atoms with E-state index < -0.39 is 12.1 Å². The van der Waals surface area contributed by atoms with Gasteiger partial charge in [0.25, 0.3) is 0 Å². The number of hydrogen-bond donors (Lipinski definition) is 2. The van der Waals surface area contributed by atoms with Crippen molar-refractivity contribution in [2.45, 2.75) is 18.7 Å². The van der Waals surface area contributed by atoms with Gasteiger partial charge in [0, 0.05) is 13.7 Å². The molecule has 1 aromatic heterocycles. The zero-order valence-corrected chi connectivity index (χ0v) is 13.9. The van der Waals surface area contributed by atoms with Gasteiger partial charge in [0.2, 0.25) is 5.91 Å². The fourth-order valence-electron chi connectivity index (χ4n) is 2.30. The number of rotatable bonds is 8. The molecule has 0 saturated heterocycles. The Morgan fingerprint density at radius 3 is 2.70 bits per heavy atom. The highest BCUT2D eigenvalue weighted by Gasteiger charge is 2.24. The third kappa shape index (κ3) is 5.14. The number of aliphatic hydroxyl groups is 1. The van der Waals surface area contributed by atoms with Gasteiger partial charge in [-0.15, -0.1) is 0 Å². The summed E-state index contributed by atoms with van der Waals surface area (Å²) in [7, 11) is 1.51. The maximum absolute atomic E-state index is 12.6. The molecule has 0 aliphatic heterocycles. The minimum atomic E-state index is -0.738. The Kier molecular flexibility index (Phi) is 6.73. The number of nitrogens with zero attached hydrogens (tertiary/aromatic N) is 1. The largest absolute Gasteiger partial charge is 0.387 e. The average Bonchev–Trinajstić information content (AvgIpc) is 3.09. The Bertz CT molecular complexity index is 589. The van der Waals surface area contributed by atoms with Crippen molar-refractivity contribution in [1.29, 1.82) is 0 Å². The Labute approximate surface area is 140 Å². The fourth-order valence-corrected chi connectivity index (χ4v) is 3.01. The lowest BCUT2D eigenvalue weighted by Gasteiger charge is -2.27. The van der Waals surface area contributed by atoms with Gasteiger partial charge in [-0.2, -0.15) is 11.3 Å². The zero-order valence-electron chi connectivity index (χ0n) is 13.1. The first-order valence-corrected chi connectivity index (χ1v) is 8.33. The number of hydrogen-bond acceptors (Lipinski definition) is 5. The monoisotopic (exact) mass is 334 g/mol. The Morgan fingerprint density at radius 2 is 2.09 bits per heavy atom. The van der Waals surface area contributed by atoms with E-state index >= 15 is 0 Å². The van der Waals surface area contributed by atoms with Crippen LogP contribution in [0.1, 0.15) is 17.2 Å². The van der Waals surface area contributed by atoms with Crippen LogP contribution in [0.25, 0.3) is 0 Å².